The average Bonchev–Trinajstić information content (AvgIpc) is 3.44. The second kappa shape index (κ2) is 11.2. The monoisotopic (exact) mass is 684 g/mol. The molecule has 0 bridgehead atoms. The van der Waals surface area contributed by atoms with E-state index in [0.29, 0.717) is 5.71 Å². The van der Waals surface area contributed by atoms with Crippen LogP contribution in [0, 0.1) is 13.0 Å². The van der Waals surface area contributed by atoms with Crippen LogP contribution in [-0.2, 0) is 24.9 Å². The number of aliphatic hydroxyl groups excluding tert-OH is 1. The summed E-state index contributed by atoms with van der Waals surface area (Å²) in [4.78, 5) is 20.5. The van der Waals surface area contributed by atoms with Gasteiger partial charge in [-0.1, -0.05) is 47.3 Å². The quantitative estimate of drug-likeness (QED) is 0.116. The average molecular weight is 684 g/mol. The van der Waals surface area contributed by atoms with Crippen LogP contribution in [0.4, 0.5) is 0 Å². The summed E-state index contributed by atoms with van der Waals surface area (Å²) < 4.78 is 7.32. The molecule has 0 aliphatic rings. The van der Waals surface area contributed by atoms with E-state index in [2.05, 4.69) is 53.5 Å². The van der Waals surface area contributed by atoms with E-state index in [9.17, 15) is 4.79 Å². The molecule has 0 aliphatic carbocycles. The van der Waals surface area contributed by atoms with Crippen molar-refractivity contribution in [2.24, 2.45) is 0 Å². The summed E-state index contributed by atoms with van der Waals surface area (Å²) in [7, 11) is 0. The normalized spacial score (nSPS) is 11.3. The van der Waals surface area contributed by atoms with Crippen LogP contribution in [0.25, 0.3) is 53.9 Å². The van der Waals surface area contributed by atoms with Gasteiger partial charge in [0, 0.05) is 58.4 Å². The van der Waals surface area contributed by atoms with E-state index in [-0.39, 0.29) is 31.6 Å². The minimum absolute atomic E-state index is 0. The van der Waals surface area contributed by atoms with Crippen molar-refractivity contribution in [2.45, 2.75) is 20.8 Å². The van der Waals surface area contributed by atoms with Crippen LogP contribution >= 0.6 is 11.3 Å². The molecule has 0 fully saturated rings. The molecule has 5 nitrogen and oxygen atoms in total. The van der Waals surface area contributed by atoms with E-state index in [1.807, 2.05) is 37.4 Å². The number of carbonyl (C=O) groups is 1. The van der Waals surface area contributed by atoms with Crippen molar-refractivity contribution in [1.82, 2.24) is 9.97 Å². The SMILES string of the molecule is CC(=O)/C=C(/C)O.Cc1ccc2c(n1)oc1c(-c3cc4sc(-c5ccccc5)cc4cn3)[c-]ccc12.[Ir]. The summed E-state index contributed by atoms with van der Waals surface area (Å²) in [5.74, 6) is -0.0625. The predicted octanol–water partition coefficient (Wildman–Crippen LogP) is 8.07. The third-order valence-corrected chi connectivity index (χ3v) is 6.71. The van der Waals surface area contributed by atoms with Crippen molar-refractivity contribution < 1.29 is 34.4 Å². The number of rotatable bonds is 3. The number of fused-ring (bicyclic) bond motifs is 4. The second-order valence-corrected chi connectivity index (χ2v) is 9.57. The minimum atomic E-state index is -0.125. The smallest absolute Gasteiger partial charge is 0.216 e. The van der Waals surface area contributed by atoms with Gasteiger partial charge in [0.1, 0.15) is 0 Å². The van der Waals surface area contributed by atoms with E-state index in [0.717, 1.165) is 38.7 Å². The fourth-order valence-electron chi connectivity index (χ4n) is 4.01. The van der Waals surface area contributed by atoms with Gasteiger partial charge in [-0.25, -0.2) is 4.98 Å². The summed E-state index contributed by atoms with van der Waals surface area (Å²) in [6.07, 6.45) is 3.10. The molecule has 4 heterocycles. The number of hydrogen-bond acceptors (Lipinski definition) is 6. The van der Waals surface area contributed by atoms with Gasteiger partial charge in [-0.05, 0) is 50.2 Å². The first-order valence-corrected chi connectivity index (χ1v) is 12.2. The zero-order valence-electron chi connectivity index (χ0n) is 20.4. The zero-order chi connectivity index (χ0) is 25.2. The number of aryl methyl sites for hydroxylation is 1. The van der Waals surface area contributed by atoms with Crippen molar-refractivity contribution in [3.8, 4) is 21.7 Å². The number of thiophene rings is 1. The Labute approximate surface area is 231 Å². The number of hydrogen-bond donors (Lipinski definition) is 1. The van der Waals surface area contributed by atoms with E-state index in [1.54, 1.807) is 11.3 Å². The van der Waals surface area contributed by atoms with E-state index in [4.69, 9.17) is 14.5 Å². The minimum Gasteiger partial charge on any atom is -0.512 e. The molecule has 0 saturated heterocycles. The molecule has 2 aromatic carbocycles. The Morgan fingerprint density at radius 2 is 1.84 bits per heavy atom. The first kappa shape index (κ1) is 26.4. The molecule has 0 atom stereocenters. The predicted molar refractivity (Wildman–Crippen MR) is 146 cm³/mol. The van der Waals surface area contributed by atoms with Crippen LogP contribution in [0.3, 0.4) is 0 Å². The first-order valence-electron chi connectivity index (χ1n) is 11.4. The second-order valence-electron chi connectivity index (χ2n) is 8.48. The number of benzene rings is 2. The Hall–Kier alpha value is -3.64. The Balaban J connectivity index is 0.000000356. The number of aromatic nitrogens is 2. The summed E-state index contributed by atoms with van der Waals surface area (Å²) in [5.41, 5.74) is 5.34. The number of carbonyl (C=O) groups excluding carboxylic acids is 1. The standard InChI is InChI=1S/C25H15N2OS.C5H8O2.Ir/c1-15-10-11-19-18-8-5-9-20(24(18)28-25(19)27-15)21-13-23-17(14-26-21)12-22(29-23)16-6-3-2-4-7-16;1-4(6)3-5(2)7;/h2-8,10-14H,1H3;3,6H,1-2H3;/q-1;;/b;4-3-;. The molecule has 4 aromatic heterocycles. The van der Waals surface area contributed by atoms with Gasteiger partial charge in [-0.15, -0.1) is 29.5 Å². The van der Waals surface area contributed by atoms with Crippen molar-refractivity contribution in [3.05, 3.63) is 96.5 Å². The Morgan fingerprint density at radius 1 is 1.05 bits per heavy atom. The third-order valence-electron chi connectivity index (χ3n) is 5.57. The summed E-state index contributed by atoms with van der Waals surface area (Å²) in [6.45, 7) is 4.82. The van der Waals surface area contributed by atoms with Gasteiger partial charge in [-0.2, -0.15) is 0 Å². The van der Waals surface area contributed by atoms with Crippen molar-refractivity contribution in [1.29, 1.82) is 0 Å². The van der Waals surface area contributed by atoms with Gasteiger partial charge >= 0.3 is 0 Å². The maximum absolute atomic E-state index is 10.0. The molecule has 0 aliphatic heterocycles. The van der Waals surface area contributed by atoms with Crippen LogP contribution in [0.2, 0.25) is 0 Å². The Morgan fingerprint density at radius 3 is 2.54 bits per heavy atom. The zero-order valence-corrected chi connectivity index (χ0v) is 23.6. The number of aliphatic hydroxyl groups is 1. The Kier molecular flexibility index (Phi) is 7.98. The number of furan rings is 1. The molecule has 37 heavy (non-hydrogen) atoms. The van der Waals surface area contributed by atoms with Gasteiger partial charge in [0.05, 0.1) is 11.3 Å². The molecular formula is C30H23IrN2O3S-. The largest absolute Gasteiger partial charge is 0.512 e. The fourth-order valence-corrected chi connectivity index (χ4v) is 5.09. The molecular weight excluding hydrogens is 661 g/mol. The number of nitrogens with zero attached hydrogens (tertiary/aromatic N) is 2. The van der Waals surface area contributed by atoms with Gasteiger partial charge in [0.2, 0.25) is 5.71 Å². The number of ketones is 1. The fraction of sp³-hybridized carbons (Fsp3) is 0.100. The summed E-state index contributed by atoms with van der Waals surface area (Å²) in [5, 5.41) is 11.6. The van der Waals surface area contributed by atoms with Gasteiger partial charge in [0.25, 0.3) is 0 Å². The van der Waals surface area contributed by atoms with Crippen molar-refractivity contribution in [3.63, 3.8) is 0 Å². The third kappa shape index (κ3) is 5.70. The number of pyridine rings is 2. The van der Waals surface area contributed by atoms with Crippen LogP contribution in [-0.4, -0.2) is 20.9 Å². The Bertz CT molecular complexity index is 1750. The maximum Gasteiger partial charge on any atom is 0.216 e. The van der Waals surface area contributed by atoms with Gasteiger partial charge in [-0.3, -0.25) is 4.79 Å². The van der Waals surface area contributed by atoms with Gasteiger partial charge < -0.3 is 14.5 Å². The van der Waals surface area contributed by atoms with Gasteiger partial charge in [0.15, 0.2) is 5.78 Å². The van der Waals surface area contributed by atoms with Crippen LogP contribution < -0.4 is 0 Å². The molecule has 1 radical (unpaired) electrons. The molecule has 187 valence electrons. The summed E-state index contributed by atoms with van der Waals surface area (Å²) >= 11 is 1.77. The first-order chi connectivity index (χ1) is 17.4. The molecule has 1 N–H and O–H groups in total. The molecule has 6 rings (SSSR count). The molecule has 6 aromatic rings. The molecule has 0 unspecified atom stereocenters. The van der Waals surface area contributed by atoms with E-state index < -0.39 is 0 Å². The van der Waals surface area contributed by atoms with Crippen molar-refractivity contribution in [2.75, 3.05) is 0 Å². The van der Waals surface area contributed by atoms with Crippen LogP contribution in [0.5, 0.6) is 0 Å². The topological polar surface area (TPSA) is 76.2 Å². The maximum atomic E-state index is 10.0. The molecule has 0 amide bonds. The van der Waals surface area contributed by atoms with Crippen LogP contribution in [0.15, 0.2) is 89.2 Å². The van der Waals surface area contributed by atoms with E-state index >= 15 is 0 Å². The molecule has 7 heteroatoms. The van der Waals surface area contributed by atoms with Crippen LogP contribution in [0.1, 0.15) is 19.5 Å². The molecule has 0 spiro atoms. The van der Waals surface area contributed by atoms with Crippen molar-refractivity contribution >= 4 is 49.3 Å². The summed E-state index contributed by atoms with van der Waals surface area (Å²) in [6, 6.07) is 26.1. The number of allylic oxidation sites excluding steroid dienone is 2. The molecule has 0 saturated carbocycles. The van der Waals surface area contributed by atoms with E-state index in [1.165, 1.54) is 35.1 Å².